The van der Waals surface area contributed by atoms with Crippen molar-refractivity contribution in [1.29, 1.82) is 0 Å². The molecular formula is C33H27Cl2N3O4S. The molecule has 0 radical (unpaired) electrons. The number of ether oxygens (including phenoxy) is 2. The molecule has 3 aromatic carbocycles. The Morgan fingerprint density at radius 1 is 1.00 bits per heavy atom. The molecule has 0 spiro atoms. The van der Waals surface area contributed by atoms with E-state index in [1.807, 2.05) is 67.6 Å². The lowest BCUT2D eigenvalue weighted by Crippen LogP contribution is -2.28. The topological polar surface area (TPSA) is 76.6 Å². The van der Waals surface area contributed by atoms with Crippen LogP contribution in [0.1, 0.15) is 29.4 Å². The number of benzene rings is 3. The van der Waals surface area contributed by atoms with Crippen LogP contribution in [0, 0.1) is 0 Å². The van der Waals surface area contributed by atoms with E-state index in [4.69, 9.17) is 37.1 Å². The maximum absolute atomic E-state index is 13.4. The summed E-state index contributed by atoms with van der Waals surface area (Å²) >= 11 is 13.5. The van der Waals surface area contributed by atoms with Gasteiger partial charge in [-0.1, -0.05) is 65.7 Å². The van der Waals surface area contributed by atoms with Crippen LogP contribution in [0.5, 0.6) is 11.5 Å². The van der Waals surface area contributed by atoms with Gasteiger partial charge in [-0.25, -0.2) is 0 Å². The molecule has 0 aliphatic carbocycles. The highest BCUT2D eigenvalue weighted by Gasteiger charge is 2.34. The summed E-state index contributed by atoms with van der Waals surface area (Å²) in [6, 6.07) is 24.2. The van der Waals surface area contributed by atoms with Gasteiger partial charge in [-0.05, 0) is 83.9 Å². The molecule has 10 heteroatoms. The van der Waals surface area contributed by atoms with Crippen molar-refractivity contribution in [1.82, 2.24) is 4.90 Å². The summed E-state index contributed by atoms with van der Waals surface area (Å²) in [5, 5.41) is 10.2. The van der Waals surface area contributed by atoms with Crippen molar-refractivity contribution in [3.8, 4) is 11.5 Å². The Hall–Kier alpha value is -4.24. The third-order valence-electron chi connectivity index (χ3n) is 6.27. The number of carbonyl (C=O) groups is 1. The Balaban J connectivity index is 1.33. The van der Waals surface area contributed by atoms with E-state index >= 15 is 0 Å². The number of methoxy groups -OCH3 is 1. The number of amides is 1. The van der Waals surface area contributed by atoms with E-state index in [-0.39, 0.29) is 19.1 Å². The molecule has 2 heterocycles. The van der Waals surface area contributed by atoms with Crippen molar-refractivity contribution in [3.63, 3.8) is 0 Å². The van der Waals surface area contributed by atoms with E-state index in [1.54, 1.807) is 54.8 Å². The van der Waals surface area contributed by atoms with Crippen LogP contribution in [0.15, 0.2) is 116 Å². The summed E-state index contributed by atoms with van der Waals surface area (Å²) < 4.78 is 17.0. The van der Waals surface area contributed by atoms with E-state index in [0.717, 1.165) is 22.3 Å². The molecule has 1 aliphatic rings. The molecule has 4 aromatic rings. The van der Waals surface area contributed by atoms with Gasteiger partial charge in [0.2, 0.25) is 0 Å². The van der Waals surface area contributed by atoms with Gasteiger partial charge in [0.05, 0.1) is 31.0 Å². The molecule has 0 unspecified atom stereocenters. The third-order valence-corrected chi connectivity index (χ3v) is 7.85. The first-order chi connectivity index (χ1) is 20.9. The third kappa shape index (κ3) is 7.99. The van der Waals surface area contributed by atoms with E-state index in [9.17, 15) is 4.79 Å². The highest BCUT2D eigenvalue weighted by Crippen LogP contribution is 2.34. The SMILES string of the molecule is COc1cc(/C=N/N=C2\S/C(=C\C(C)=C\c3ccccc3)C(=O)N2Cc2ccco2)ccc1OCc1ccc(Cl)cc1Cl. The van der Waals surface area contributed by atoms with Gasteiger partial charge in [0.15, 0.2) is 16.7 Å². The number of amidine groups is 1. The minimum Gasteiger partial charge on any atom is -0.493 e. The van der Waals surface area contributed by atoms with Crippen LogP contribution < -0.4 is 9.47 Å². The van der Waals surface area contributed by atoms with Gasteiger partial charge in [0.1, 0.15) is 12.4 Å². The van der Waals surface area contributed by atoms with Crippen molar-refractivity contribution in [2.24, 2.45) is 10.2 Å². The quantitative estimate of drug-likeness (QED) is 0.0994. The Labute approximate surface area is 264 Å². The van der Waals surface area contributed by atoms with Crippen molar-refractivity contribution in [3.05, 3.63) is 134 Å². The number of thioether (sulfide) groups is 1. The normalized spacial score (nSPS) is 15.7. The maximum Gasteiger partial charge on any atom is 0.267 e. The molecule has 0 saturated carbocycles. The zero-order valence-electron chi connectivity index (χ0n) is 23.4. The first-order valence-corrected chi connectivity index (χ1v) is 14.8. The fourth-order valence-electron chi connectivity index (χ4n) is 4.16. The molecular weight excluding hydrogens is 605 g/mol. The molecule has 0 N–H and O–H groups in total. The molecule has 1 fully saturated rings. The lowest BCUT2D eigenvalue weighted by molar-refractivity contribution is -0.122. The Morgan fingerprint density at radius 2 is 1.84 bits per heavy atom. The number of rotatable bonds is 10. The van der Waals surface area contributed by atoms with Crippen molar-refractivity contribution in [2.75, 3.05) is 7.11 Å². The summed E-state index contributed by atoms with van der Waals surface area (Å²) in [7, 11) is 1.56. The van der Waals surface area contributed by atoms with Gasteiger partial charge in [0.25, 0.3) is 5.91 Å². The summed E-state index contributed by atoms with van der Waals surface area (Å²) in [4.78, 5) is 15.5. The lowest BCUT2D eigenvalue weighted by Gasteiger charge is -2.13. The van der Waals surface area contributed by atoms with E-state index < -0.39 is 0 Å². The molecule has 218 valence electrons. The number of carbonyl (C=O) groups excluding carboxylic acids is 1. The molecule has 1 amide bonds. The van der Waals surface area contributed by atoms with Crippen LogP contribution in [-0.2, 0) is 17.9 Å². The molecule has 7 nitrogen and oxygen atoms in total. The van der Waals surface area contributed by atoms with Crippen LogP contribution in [-0.4, -0.2) is 29.3 Å². The van der Waals surface area contributed by atoms with Crippen LogP contribution in [0.2, 0.25) is 10.0 Å². The van der Waals surface area contributed by atoms with Crippen LogP contribution in [0.3, 0.4) is 0 Å². The molecule has 1 aromatic heterocycles. The second-order valence-electron chi connectivity index (χ2n) is 9.44. The van der Waals surface area contributed by atoms with Gasteiger partial charge in [-0.3, -0.25) is 9.69 Å². The first-order valence-electron chi connectivity index (χ1n) is 13.2. The van der Waals surface area contributed by atoms with Crippen molar-refractivity contribution >= 4 is 58.3 Å². The first kappa shape index (κ1) is 30.2. The largest absolute Gasteiger partial charge is 0.493 e. The van der Waals surface area contributed by atoms with Crippen molar-refractivity contribution < 1.29 is 18.7 Å². The monoisotopic (exact) mass is 631 g/mol. The van der Waals surface area contributed by atoms with Crippen molar-refractivity contribution in [2.45, 2.75) is 20.1 Å². The highest BCUT2D eigenvalue weighted by molar-refractivity contribution is 8.18. The predicted octanol–water partition coefficient (Wildman–Crippen LogP) is 8.63. The zero-order valence-corrected chi connectivity index (χ0v) is 25.7. The zero-order chi connectivity index (χ0) is 30.2. The smallest absolute Gasteiger partial charge is 0.267 e. The fraction of sp³-hybridized carbons (Fsp3) is 0.121. The van der Waals surface area contributed by atoms with Crippen LogP contribution in [0.25, 0.3) is 6.08 Å². The fourth-order valence-corrected chi connectivity index (χ4v) is 5.61. The number of halogens is 2. The second-order valence-corrected chi connectivity index (χ2v) is 11.3. The van der Waals surface area contributed by atoms with Gasteiger partial charge in [-0.2, -0.15) is 5.10 Å². The Kier molecular flexibility index (Phi) is 10.0. The summed E-state index contributed by atoms with van der Waals surface area (Å²) in [6.45, 7) is 2.45. The molecule has 43 heavy (non-hydrogen) atoms. The minimum atomic E-state index is -0.167. The maximum atomic E-state index is 13.4. The average molecular weight is 633 g/mol. The van der Waals surface area contributed by atoms with E-state index in [0.29, 0.717) is 37.4 Å². The summed E-state index contributed by atoms with van der Waals surface area (Å²) in [5.41, 5.74) is 3.54. The lowest BCUT2D eigenvalue weighted by atomic mass is 10.1. The van der Waals surface area contributed by atoms with Gasteiger partial charge >= 0.3 is 0 Å². The van der Waals surface area contributed by atoms with Gasteiger partial charge in [-0.15, -0.1) is 5.10 Å². The van der Waals surface area contributed by atoms with Gasteiger partial charge < -0.3 is 13.9 Å². The molecule has 1 aliphatic heterocycles. The molecule has 5 rings (SSSR count). The van der Waals surface area contributed by atoms with Crippen LogP contribution >= 0.6 is 35.0 Å². The summed E-state index contributed by atoms with van der Waals surface area (Å²) in [6.07, 6.45) is 7.05. The average Bonchev–Trinajstić information content (AvgIpc) is 3.62. The standard InChI is InChI=1S/C33H27Cl2N3O4S/c1-22(15-23-7-4-3-5-8-23)16-31-32(39)38(20-27-9-6-14-41-27)33(43-31)37-36-19-24-10-13-29(30(17-24)40-2)42-21-25-11-12-26(34)18-28(25)35/h3-19H,20-21H2,1-2H3/b22-15+,31-16-,36-19+,37-33-. The minimum absolute atomic E-state index is 0.167. The van der Waals surface area contributed by atoms with Gasteiger partial charge in [0, 0.05) is 15.6 Å². The number of allylic oxidation sites excluding steroid dienone is 2. The number of hydrogen-bond donors (Lipinski definition) is 0. The molecule has 0 bridgehead atoms. The highest BCUT2D eigenvalue weighted by atomic mass is 35.5. The molecule has 1 saturated heterocycles. The van der Waals surface area contributed by atoms with Crippen LogP contribution in [0.4, 0.5) is 0 Å². The Morgan fingerprint density at radius 3 is 2.58 bits per heavy atom. The van der Waals surface area contributed by atoms with E-state index in [2.05, 4.69) is 10.2 Å². The second kappa shape index (κ2) is 14.3. The predicted molar refractivity (Wildman–Crippen MR) is 174 cm³/mol. The summed E-state index contributed by atoms with van der Waals surface area (Å²) in [5.74, 6) is 1.55. The van der Waals surface area contributed by atoms with E-state index in [1.165, 1.54) is 11.8 Å². The Bertz CT molecular complexity index is 1720. The number of furan rings is 1. The number of hydrogen-bond acceptors (Lipinski definition) is 7. The molecule has 0 atom stereocenters. The number of nitrogens with zero attached hydrogens (tertiary/aromatic N) is 3.